The highest BCUT2D eigenvalue weighted by Crippen LogP contribution is 2.11. The number of carbonyl (C=O) groups excluding carboxylic acids is 1. The summed E-state index contributed by atoms with van der Waals surface area (Å²) in [6, 6.07) is 5.49. The van der Waals surface area contributed by atoms with Crippen molar-refractivity contribution in [3.63, 3.8) is 0 Å². The van der Waals surface area contributed by atoms with Crippen LogP contribution in [0.3, 0.4) is 0 Å². The summed E-state index contributed by atoms with van der Waals surface area (Å²) in [4.78, 5) is 28.7. The predicted molar refractivity (Wildman–Crippen MR) is 93.8 cm³/mol. The van der Waals surface area contributed by atoms with E-state index < -0.39 is 6.10 Å². The first-order chi connectivity index (χ1) is 11.4. The van der Waals surface area contributed by atoms with E-state index in [2.05, 4.69) is 10.3 Å². The molecule has 0 saturated carbocycles. The number of aryl methyl sites for hydroxylation is 2. The van der Waals surface area contributed by atoms with Crippen molar-refractivity contribution in [2.75, 3.05) is 6.54 Å². The molecule has 6 nitrogen and oxygen atoms in total. The van der Waals surface area contributed by atoms with Crippen LogP contribution in [0.15, 0.2) is 29.3 Å². The molecule has 0 fully saturated rings. The van der Waals surface area contributed by atoms with Gasteiger partial charge in [-0.2, -0.15) is 0 Å². The molecule has 24 heavy (non-hydrogen) atoms. The molecule has 0 aliphatic rings. The highest BCUT2D eigenvalue weighted by molar-refractivity contribution is 5.80. The Morgan fingerprint density at radius 2 is 2.17 bits per heavy atom. The van der Waals surface area contributed by atoms with Gasteiger partial charge in [0.05, 0.1) is 23.3 Å². The minimum absolute atomic E-state index is 0.140. The predicted octanol–water partition coefficient (Wildman–Crippen LogP) is 1.62. The number of hydrogen-bond acceptors (Lipinski definition) is 4. The van der Waals surface area contributed by atoms with Gasteiger partial charge in [-0.25, -0.2) is 4.98 Å². The maximum absolute atomic E-state index is 12.4. The Morgan fingerprint density at radius 1 is 1.42 bits per heavy atom. The van der Waals surface area contributed by atoms with Crippen LogP contribution in [0, 0.1) is 12.8 Å². The maximum atomic E-state index is 12.4. The zero-order valence-electron chi connectivity index (χ0n) is 14.5. The summed E-state index contributed by atoms with van der Waals surface area (Å²) in [7, 11) is 0. The number of aliphatic hydroxyl groups is 1. The number of aliphatic hydroxyl groups excluding tert-OH is 1. The molecule has 1 aromatic carbocycles. The van der Waals surface area contributed by atoms with Crippen LogP contribution in [0.1, 0.15) is 32.3 Å². The van der Waals surface area contributed by atoms with Gasteiger partial charge in [0, 0.05) is 19.5 Å². The fraction of sp³-hybridized carbons (Fsp3) is 0.500. The average Bonchev–Trinajstić information content (AvgIpc) is 2.59. The molecule has 6 heteroatoms. The van der Waals surface area contributed by atoms with Crippen LogP contribution in [0.25, 0.3) is 10.9 Å². The number of nitrogens with zero attached hydrogens (tertiary/aromatic N) is 2. The molecule has 0 saturated heterocycles. The first-order valence-corrected chi connectivity index (χ1v) is 8.33. The van der Waals surface area contributed by atoms with Crippen LogP contribution in [-0.4, -0.2) is 33.2 Å². The topological polar surface area (TPSA) is 84.2 Å². The molecule has 0 spiro atoms. The molecule has 2 atom stereocenters. The van der Waals surface area contributed by atoms with Crippen molar-refractivity contribution < 1.29 is 9.90 Å². The summed E-state index contributed by atoms with van der Waals surface area (Å²) in [6.07, 6.45) is 1.96. The number of carbonyl (C=O) groups is 1. The van der Waals surface area contributed by atoms with Gasteiger partial charge in [-0.3, -0.25) is 14.2 Å². The van der Waals surface area contributed by atoms with Crippen molar-refractivity contribution in [1.82, 2.24) is 14.9 Å². The van der Waals surface area contributed by atoms with Gasteiger partial charge in [0.2, 0.25) is 5.91 Å². The molecule has 2 N–H and O–H groups in total. The van der Waals surface area contributed by atoms with Gasteiger partial charge >= 0.3 is 0 Å². The van der Waals surface area contributed by atoms with E-state index >= 15 is 0 Å². The lowest BCUT2D eigenvalue weighted by atomic mass is 10.0. The molecule has 2 aromatic rings. The summed E-state index contributed by atoms with van der Waals surface area (Å²) in [6.45, 7) is 6.35. The van der Waals surface area contributed by atoms with Crippen LogP contribution in [0.5, 0.6) is 0 Å². The second-order valence-electron chi connectivity index (χ2n) is 6.22. The molecular weight excluding hydrogens is 306 g/mol. The molecule has 130 valence electrons. The van der Waals surface area contributed by atoms with Crippen LogP contribution in [0.2, 0.25) is 0 Å². The first-order valence-electron chi connectivity index (χ1n) is 8.33. The molecule has 1 amide bonds. The van der Waals surface area contributed by atoms with E-state index in [0.717, 1.165) is 12.0 Å². The van der Waals surface area contributed by atoms with E-state index in [1.807, 2.05) is 32.9 Å². The second kappa shape index (κ2) is 8.06. The van der Waals surface area contributed by atoms with E-state index in [4.69, 9.17) is 0 Å². The van der Waals surface area contributed by atoms with Crippen molar-refractivity contribution in [2.24, 2.45) is 5.92 Å². The molecule has 2 unspecified atom stereocenters. The number of benzene rings is 1. The number of nitrogens with one attached hydrogen (secondary N) is 1. The molecule has 0 aliphatic carbocycles. The molecule has 0 radical (unpaired) electrons. The molecular formula is C18H25N3O3. The third-order valence-corrected chi connectivity index (χ3v) is 4.44. The average molecular weight is 331 g/mol. The summed E-state index contributed by atoms with van der Waals surface area (Å²) in [5.41, 5.74) is 1.50. The molecule has 0 bridgehead atoms. The van der Waals surface area contributed by atoms with Gasteiger partial charge in [-0.05, 0) is 24.5 Å². The zero-order valence-corrected chi connectivity index (χ0v) is 14.5. The van der Waals surface area contributed by atoms with Crippen LogP contribution in [-0.2, 0) is 11.3 Å². The van der Waals surface area contributed by atoms with E-state index in [1.54, 1.807) is 6.07 Å². The van der Waals surface area contributed by atoms with Crippen LogP contribution in [0.4, 0.5) is 0 Å². The molecule has 2 rings (SSSR count). The third kappa shape index (κ3) is 4.20. The highest BCUT2D eigenvalue weighted by Gasteiger charge is 2.13. The van der Waals surface area contributed by atoms with Gasteiger partial charge in [0.15, 0.2) is 0 Å². The fourth-order valence-corrected chi connectivity index (χ4v) is 2.50. The van der Waals surface area contributed by atoms with Gasteiger partial charge < -0.3 is 10.4 Å². The summed E-state index contributed by atoms with van der Waals surface area (Å²) < 4.78 is 1.45. The largest absolute Gasteiger partial charge is 0.391 e. The number of para-hydroxylation sites is 1. The molecule has 0 aliphatic heterocycles. The van der Waals surface area contributed by atoms with Crippen molar-refractivity contribution >= 4 is 16.8 Å². The number of fused-ring (bicyclic) bond motifs is 1. The monoisotopic (exact) mass is 331 g/mol. The van der Waals surface area contributed by atoms with E-state index in [-0.39, 0.29) is 36.9 Å². The van der Waals surface area contributed by atoms with Crippen LogP contribution < -0.4 is 10.9 Å². The lowest BCUT2D eigenvalue weighted by Gasteiger charge is -2.17. The van der Waals surface area contributed by atoms with E-state index in [0.29, 0.717) is 10.9 Å². The minimum Gasteiger partial charge on any atom is -0.391 e. The number of amides is 1. The number of aromatic nitrogens is 2. The molecule has 1 heterocycles. The minimum atomic E-state index is -0.549. The Hall–Kier alpha value is -2.21. The number of rotatable bonds is 7. The summed E-state index contributed by atoms with van der Waals surface area (Å²) >= 11 is 0. The Morgan fingerprint density at radius 3 is 2.88 bits per heavy atom. The van der Waals surface area contributed by atoms with E-state index in [9.17, 15) is 14.7 Å². The molecule has 1 aromatic heterocycles. The van der Waals surface area contributed by atoms with Gasteiger partial charge in [0.25, 0.3) is 5.56 Å². The Labute approximate surface area is 141 Å². The van der Waals surface area contributed by atoms with E-state index in [1.165, 1.54) is 10.9 Å². The van der Waals surface area contributed by atoms with Crippen molar-refractivity contribution in [3.8, 4) is 0 Å². The number of hydrogen-bond donors (Lipinski definition) is 2. The quantitative estimate of drug-likeness (QED) is 0.807. The van der Waals surface area contributed by atoms with Crippen molar-refractivity contribution in [1.29, 1.82) is 0 Å². The standard InChI is InChI=1S/C18H25N3O3/c1-4-12(2)15(22)10-19-16(23)8-9-21-11-20-17-13(3)6-5-7-14(17)18(21)24/h5-7,11-12,15,22H,4,8-10H2,1-3H3,(H,19,23). The van der Waals surface area contributed by atoms with Crippen LogP contribution >= 0.6 is 0 Å². The third-order valence-electron chi connectivity index (χ3n) is 4.44. The first kappa shape index (κ1) is 18.1. The van der Waals surface area contributed by atoms with Gasteiger partial charge in [-0.1, -0.05) is 32.4 Å². The summed E-state index contributed by atoms with van der Waals surface area (Å²) in [5, 5.41) is 13.1. The van der Waals surface area contributed by atoms with Gasteiger partial charge in [-0.15, -0.1) is 0 Å². The smallest absolute Gasteiger partial charge is 0.261 e. The zero-order chi connectivity index (χ0) is 17.7. The normalized spacial score (nSPS) is 13.7. The van der Waals surface area contributed by atoms with Crippen molar-refractivity contribution in [3.05, 3.63) is 40.4 Å². The second-order valence-corrected chi connectivity index (χ2v) is 6.22. The maximum Gasteiger partial charge on any atom is 0.261 e. The SMILES string of the molecule is CCC(C)C(O)CNC(=O)CCn1cnc2c(C)cccc2c1=O. The lowest BCUT2D eigenvalue weighted by Crippen LogP contribution is -2.36. The Balaban J connectivity index is 1.97. The van der Waals surface area contributed by atoms with Gasteiger partial charge in [0.1, 0.15) is 0 Å². The Bertz CT molecular complexity index is 770. The van der Waals surface area contributed by atoms with Crippen molar-refractivity contribution in [2.45, 2.75) is 46.3 Å². The lowest BCUT2D eigenvalue weighted by molar-refractivity contribution is -0.121. The highest BCUT2D eigenvalue weighted by atomic mass is 16.3. The fourth-order valence-electron chi connectivity index (χ4n) is 2.50. The Kier molecular flexibility index (Phi) is 6.09. The summed E-state index contributed by atoms with van der Waals surface area (Å²) in [5.74, 6) is -0.0468.